The van der Waals surface area contributed by atoms with Gasteiger partial charge in [-0.3, -0.25) is 4.31 Å². The van der Waals surface area contributed by atoms with Crippen molar-refractivity contribution in [3.8, 4) is 5.75 Å². The predicted molar refractivity (Wildman–Crippen MR) is 111 cm³/mol. The molecule has 0 spiro atoms. The lowest BCUT2D eigenvalue weighted by atomic mass is 9.96. The minimum atomic E-state index is -3.69. The minimum absolute atomic E-state index is 0.126. The highest BCUT2D eigenvalue weighted by atomic mass is 35.5. The average molecular weight is 436 g/mol. The van der Waals surface area contributed by atoms with Crippen LogP contribution in [0.15, 0.2) is 57.9 Å². The molecule has 0 N–H and O–H groups in total. The van der Waals surface area contributed by atoms with Crippen LogP contribution in [0.2, 0.25) is 5.02 Å². The number of anilines is 1. The summed E-state index contributed by atoms with van der Waals surface area (Å²) in [6.07, 6.45) is 0. The summed E-state index contributed by atoms with van der Waals surface area (Å²) in [5.41, 5.74) is 0.295. The van der Waals surface area contributed by atoms with Crippen LogP contribution in [0, 0.1) is 0 Å². The van der Waals surface area contributed by atoms with E-state index in [1.807, 2.05) is 20.8 Å². The molecule has 3 rings (SSSR count). The number of benzene rings is 2. The molecule has 0 saturated carbocycles. The second-order valence-electron chi connectivity index (χ2n) is 7.47. The highest BCUT2D eigenvalue weighted by molar-refractivity contribution is 7.92. The van der Waals surface area contributed by atoms with Gasteiger partial charge in [0.25, 0.3) is 15.9 Å². The standard InChI is InChI=1S/C20H22ClN3O4S/c1-20(2,3)19-22-18(28-23-19)13-27-16-9-7-15(8-10-16)24(4)29(25,26)17-11-5-14(21)6-12-17/h5-12H,13H2,1-4H3. The zero-order valence-electron chi connectivity index (χ0n) is 16.6. The number of halogens is 1. The largest absolute Gasteiger partial charge is 0.484 e. The van der Waals surface area contributed by atoms with Crippen LogP contribution in [-0.4, -0.2) is 25.6 Å². The van der Waals surface area contributed by atoms with E-state index in [2.05, 4.69) is 10.1 Å². The Morgan fingerprint density at radius 1 is 1.07 bits per heavy atom. The molecule has 0 aliphatic heterocycles. The van der Waals surface area contributed by atoms with Crippen LogP contribution < -0.4 is 9.04 Å². The number of hydrogen-bond acceptors (Lipinski definition) is 6. The highest BCUT2D eigenvalue weighted by Gasteiger charge is 2.22. The van der Waals surface area contributed by atoms with Gasteiger partial charge in [-0.25, -0.2) is 8.42 Å². The number of nitrogens with zero attached hydrogens (tertiary/aromatic N) is 3. The Balaban J connectivity index is 1.68. The van der Waals surface area contributed by atoms with Crippen LogP contribution in [0.5, 0.6) is 5.75 Å². The monoisotopic (exact) mass is 435 g/mol. The molecule has 9 heteroatoms. The fourth-order valence-electron chi connectivity index (χ4n) is 2.42. The maximum atomic E-state index is 12.7. The van der Waals surface area contributed by atoms with Crippen LogP contribution in [0.25, 0.3) is 0 Å². The molecule has 2 aromatic carbocycles. The Kier molecular flexibility index (Phi) is 5.86. The fourth-order valence-corrected chi connectivity index (χ4v) is 3.74. The predicted octanol–water partition coefficient (Wildman–Crippen LogP) is 4.42. The van der Waals surface area contributed by atoms with E-state index < -0.39 is 10.0 Å². The van der Waals surface area contributed by atoms with Gasteiger partial charge in [0.15, 0.2) is 12.4 Å². The van der Waals surface area contributed by atoms with E-state index >= 15 is 0 Å². The summed E-state index contributed by atoms with van der Waals surface area (Å²) in [7, 11) is -2.20. The van der Waals surface area contributed by atoms with Crippen molar-refractivity contribution in [2.45, 2.75) is 37.7 Å². The molecule has 0 atom stereocenters. The van der Waals surface area contributed by atoms with Gasteiger partial charge in [-0.05, 0) is 48.5 Å². The Morgan fingerprint density at radius 2 is 1.69 bits per heavy atom. The summed E-state index contributed by atoms with van der Waals surface area (Å²) >= 11 is 5.84. The Bertz CT molecular complexity index is 1070. The van der Waals surface area contributed by atoms with Gasteiger partial charge >= 0.3 is 0 Å². The summed E-state index contributed by atoms with van der Waals surface area (Å²) in [6.45, 7) is 6.11. The summed E-state index contributed by atoms with van der Waals surface area (Å²) in [5.74, 6) is 1.54. The van der Waals surface area contributed by atoms with E-state index in [4.69, 9.17) is 20.9 Å². The van der Waals surface area contributed by atoms with E-state index in [0.717, 1.165) is 0 Å². The van der Waals surface area contributed by atoms with Gasteiger partial charge in [-0.2, -0.15) is 4.98 Å². The van der Waals surface area contributed by atoms with Crippen molar-refractivity contribution in [3.63, 3.8) is 0 Å². The van der Waals surface area contributed by atoms with Crippen molar-refractivity contribution in [1.29, 1.82) is 0 Å². The van der Waals surface area contributed by atoms with Gasteiger partial charge in [-0.15, -0.1) is 0 Å². The first-order valence-corrected chi connectivity index (χ1v) is 10.7. The van der Waals surface area contributed by atoms with E-state index in [0.29, 0.717) is 28.2 Å². The van der Waals surface area contributed by atoms with Crippen molar-refractivity contribution in [2.24, 2.45) is 0 Å². The van der Waals surface area contributed by atoms with Crippen LogP contribution in [0.1, 0.15) is 32.5 Å². The van der Waals surface area contributed by atoms with Gasteiger partial charge in [0.1, 0.15) is 5.75 Å². The van der Waals surface area contributed by atoms with Gasteiger partial charge in [0.2, 0.25) is 0 Å². The van der Waals surface area contributed by atoms with Crippen LogP contribution in [-0.2, 0) is 22.0 Å². The van der Waals surface area contributed by atoms with Crippen LogP contribution >= 0.6 is 11.6 Å². The van der Waals surface area contributed by atoms with E-state index in [-0.39, 0.29) is 16.9 Å². The molecule has 1 heterocycles. The SMILES string of the molecule is CN(c1ccc(OCc2nc(C(C)(C)C)no2)cc1)S(=O)(=O)c1ccc(Cl)cc1. The maximum absolute atomic E-state index is 12.7. The Labute approximate surface area is 175 Å². The summed E-state index contributed by atoms with van der Waals surface area (Å²) in [5, 5.41) is 4.43. The van der Waals surface area contributed by atoms with E-state index in [1.54, 1.807) is 36.4 Å². The lowest BCUT2D eigenvalue weighted by Gasteiger charge is -2.19. The minimum Gasteiger partial charge on any atom is -0.484 e. The molecule has 29 heavy (non-hydrogen) atoms. The van der Waals surface area contributed by atoms with Crippen LogP contribution in [0.4, 0.5) is 5.69 Å². The molecular formula is C20H22ClN3O4S. The molecule has 0 fully saturated rings. The normalized spacial score (nSPS) is 12.0. The lowest BCUT2D eigenvalue weighted by molar-refractivity contribution is 0.242. The first-order chi connectivity index (χ1) is 13.6. The quantitative estimate of drug-likeness (QED) is 0.569. The molecule has 0 aliphatic rings. The zero-order valence-corrected chi connectivity index (χ0v) is 18.2. The fraction of sp³-hybridized carbons (Fsp3) is 0.300. The van der Waals surface area contributed by atoms with E-state index in [1.165, 1.54) is 23.5 Å². The third-order valence-electron chi connectivity index (χ3n) is 4.17. The molecule has 0 aliphatic carbocycles. The van der Waals surface area contributed by atoms with E-state index in [9.17, 15) is 8.42 Å². The molecular weight excluding hydrogens is 414 g/mol. The third-order valence-corrected chi connectivity index (χ3v) is 6.23. The number of rotatable bonds is 6. The Morgan fingerprint density at radius 3 is 2.24 bits per heavy atom. The summed E-state index contributed by atoms with van der Waals surface area (Å²) in [6, 6.07) is 12.7. The molecule has 0 bridgehead atoms. The number of ether oxygens (including phenoxy) is 1. The average Bonchev–Trinajstić information content (AvgIpc) is 3.16. The zero-order chi connectivity index (χ0) is 21.2. The molecule has 1 aromatic heterocycles. The van der Waals surface area contributed by atoms with Gasteiger partial charge in [-0.1, -0.05) is 37.5 Å². The lowest BCUT2D eigenvalue weighted by Crippen LogP contribution is -2.26. The smallest absolute Gasteiger partial charge is 0.264 e. The number of aromatic nitrogens is 2. The highest BCUT2D eigenvalue weighted by Crippen LogP contribution is 2.25. The molecule has 0 amide bonds. The van der Waals surface area contributed by atoms with Crippen molar-refractivity contribution in [1.82, 2.24) is 10.1 Å². The van der Waals surface area contributed by atoms with Gasteiger partial charge < -0.3 is 9.26 Å². The topological polar surface area (TPSA) is 85.5 Å². The van der Waals surface area contributed by atoms with Crippen molar-refractivity contribution in [3.05, 3.63) is 65.3 Å². The van der Waals surface area contributed by atoms with Crippen molar-refractivity contribution in [2.75, 3.05) is 11.4 Å². The molecule has 0 unspecified atom stereocenters. The van der Waals surface area contributed by atoms with Crippen LogP contribution in [0.3, 0.4) is 0 Å². The van der Waals surface area contributed by atoms with Crippen molar-refractivity contribution >= 4 is 27.3 Å². The second kappa shape index (κ2) is 8.04. The van der Waals surface area contributed by atoms with Gasteiger partial charge in [0.05, 0.1) is 10.6 Å². The number of sulfonamides is 1. The third kappa shape index (κ3) is 4.89. The molecule has 154 valence electrons. The first-order valence-electron chi connectivity index (χ1n) is 8.88. The Hall–Kier alpha value is -2.58. The molecule has 7 nitrogen and oxygen atoms in total. The van der Waals surface area contributed by atoms with Gasteiger partial charge in [0, 0.05) is 17.5 Å². The van der Waals surface area contributed by atoms with Crippen molar-refractivity contribution < 1.29 is 17.7 Å². The summed E-state index contributed by atoms with van der Waals surface area (Å²) < 4.78 is 37.5. The molecule has 0 saturated heterocycles. The molecule has 3 aromatic rings. The summed E-state index contributed by atoms with van der Waals surface area (Å²) in [4.78, 5) is 4.48. The maximum Gasteiger partial charge on any atom is 0.264 e. The number of hydrogen-bond donors (Lipinski definition) is 0. The molecule has 0 radical (unpaired) electrons. The first kappa shape index (κ1) is 21.1. The second-order valence-corrected chi connectivity index (χ2v) is 9.88.